The van der Waals surface area contributed by atoms with Gasteiger partial charge in [0.05, 0.1) is 0 Å². The fourth-order valence-electron chi connectivity index (χ4n) is 1.59. The summed E-state index contributed by atoms with van der Waals surface area (Å²) in [7, 11) is 0. The molecule has 0 bridgehead atoms. The van der Waals surface area contributed by atoms with E-state index < -0.39 is 12.0 Å². The summed E-state index contributed by atoms with van der Waals surface area (Å²) in [6.07, 6.45) is 3.63. The van der Waals surface area contributed by atoms with Gasteiger partial charge in [0.25, 0.3) is 0 Å². The van der Waals surface area contributed by atoms with E-state index in [1.165, 1.54) is 0 Å². The van der Waals surface area contributed by atoms with Crippen LogP contribution in [0.25, 0.3) is 5.69 Å². The van der Waals surface area contributed by atoms with E-state index in [-0.39, 0.29) is 6.42 Å². The molecule has 88 valence electrons. The molecule has 5 nitrogen and oxygen atoms in total. The number of carbonyl (C=O) groups is 1. The molecule has 0 spiro atoms. The molecule has 3 N–H and O–H groups in total. The lowest BCUT2D eigenvalue weighted by molar-refractivity contribution is -0.138. The molecular formula is C12H13N3O2. The van der Waals surface area contributed by atoms with Crippen molar-refractivity contribution in [1.29, 1.82) is 0 Å². The fourth-order valence-corrected chi connectivity index (χ4v) is 1.59. The summed E-state index contributed by atoms with van der Waals surface area (Å²) >= 11 is 0. The van der Waals surface area contributed by atoms with Crippen LogP contribution >= 0.6 is 0 Å². The molecule has 1 heterocycles. The van der Waals surface area contributed by atoms with Gasteiger partial charge in [-0.3, -0.25) is 4.79 Å². The lowest BCUT2D eigenvalue weighted by Crippen LogP contribution is -2.33. The van der Waals surface area contributed by atoms with Crippen LogP contribution in [0.4, 0.5) is 0 Å². The minimum Gasteiger partial charge on any atom is -0.480 e. The number of aliphatic carboxylic acids is 1. The second-order valence-electron chi connectivity index (χ2n) is 3.70. The maximum atomic E-state index is 10.7. The average Bonchev–Trinajstić information content (AvgIpc) is 2.78. The molecule has 5 heteroatoms. The molecule has 0 radical (unpaired) electrons. The van der Waals surface area contributed by atoms with Crippen molar-refractivity contribution in [2.75, 3.05) is 0 Å². The third kappa shape index (κ3) is 2.51. The largest absolute Gasteiger partial charge is 0.480 e. The molecule has 0 aliphatic heterocycles. The zero-order valence-corrected chi connectivity index (χ0v) is 9.15. The number of benzene rings is 1. The number of para-hydroxylation sites is 1. The van der Waals surface area contributed by atoms with Crippen molar-refractivity contribution in [2.45, 2.75) is 12.5 Å². The monoisotopic (exact) mass is 231 g/mol. The van der Waals surface area contributed by atoms with Crippen LogP contribution in [-0.2, 0) is 11.2 Å². The molecule has 0 fully saturated rings. The minimum absolute atomic E-state index is 0.206. The topological polar surface area (TPSA) is 81.1 Å². The first-order valence-electron chi connectivity index (χ1n) is 5.24. The predicted molar refractivity (Wildman–Crippen MR) is 62.9 cm³/mol. The Labute approximate surface area is 98.5 Å². The minimum atomic E-state index is -1.02. The first-order valence-corrected chi connectivity index (χ1v) is 5.24. The van der Waals surface area contributed by atoms with Crippen molar-refractivity contribution >= 4 is 5.97 Å². The highest BCUT2D eigenvalue weighted by atomic mass is 16.4. The van der Waals surface area contributed by atoms with Gasteiger partial charge in [-0.2, -0.15) is 0 Å². The molecular weight excluding hydrogens is 218 g/mol. The van der Waals surface area contributed by atoms with Crippen molar-refractivity contribution in [2.24, 2.45) is 5.73 Å². The Balaban J connectivity index is 2.26. The van der Waals surface area contributed by atoms with Gasteiger partial charge in [0.1, 0.15) is 11.9 Å². The summed E-state index contributed by atoms with van der Waals surface area (Å²) in [6, 6.07) is 8.67. The van der Waals surface area contributed by atoms with Gasteiger partial charge < -0.3 is 15.4 Å². The average molecular weight is 231 g/mol. The third-order valence-corrected chi connectivity index (χ3v) is 2.47. The highest BCUT2D eigenvalue weighted by Crippen LogP contribution is 2.11. The first kappa shape index (κ1) is 11.3. The van der Waals surface area contributed by atoms with Crippen LogP contribution in [0.2, 0.25) is 0 Å². The maximum Gasteiger partial charge on any atom is 0.320 e. The Hall–Kier alpha value is -2.14. The van der Waals surface area contributed by atoms with Gasteiger partial charge in [-0.1, -0.05) is 18.2 Å². The summed E-state index contributed by atoms with van der Waals surface area (Å²) < 4.78 is 1.84. The molecule has 2 rings (SSSR count). The van der Waals surface area contributed by atoms with Crippen molar-refractivity contribution in [3.8, 4) is 5.69 Å². The highest BCUT2D eigenvalue weighted by Gasteiger charge is 2.15. The van der Waals surface area contributed by atoms with E-state index in [2.05, 4.69) is 4.98 Å². The number of imidazole rings is 1. The molecule has 17 heavy (non-hydrogen) atoms. The Kier molecular flexibility index (Phi) is 3.20. The predicted octanol–water partition coefficient (Wildman–Crippen LogP) is 0.827. The molecule has 1 aromatic heterocycles. The quantitative estimate of drug-likeness (QED) is 0.816. The van der Waals surface area contributed by atoms with Gasteiger partial charge >= 0.3 is 5.97 Å². The second-order valence-corrected chi connectivity index (χ2v) is 3.70. The molecule has 0 aliphatic carbocycles. The van der Waals surface area contributed by atoms with E-state index in [0.29, 0.717) is 5.82 Å². The number of hydrogen-bond donors (Lipinski definition) is 2. The second kappa shape index (κ2) is 4.80. The van der Waals surface area contributed by atoms with Crippen molar-refractivity contribution < 1.29 is 9.90 Å². The molecule has 2 aromatic rings. The van der Waals surface area contributed by atoms with Crippen molar-refractivity contribution in [3.05, 3.63) is 48.5 Å². The van der Waals surface area contributed by atoms with Crippen LogP contribution < -0.4 is 5.73 Å². The number of aromatic nitrogens is 2. The van der Waals surface area contributed by atoms with Gasteiger partial charge in [-0.05, 0) is 12.1 Å². The van der Waals surface area contributed by atoms with Crippen LogP contribution in [0, 0.1) is 0 Å². The van der Waals surface area contributed by atoms with Crippen LogP contribution in [0.5, 0.6) is 0 Å². The Morgan fingerprint density at radius 2 is 2.12 bits per heavy atom. The van der Waals surface area contributed by atoms with Gasteiger partial charge in [0, 0.05) is 24.5 Å². The summed E-state index contributed by atoms with van der Waals surface area (Å²) in [4.78, 5) is 14.8. The van der Waals surface area contributed by atoms with E-state index in [0.717, 1.165) is 5.69 Å². The van der Waals surface area contributed by atoms with Crippen LogP contribution in [0.1, 0.15) is 5.82 Å². The van der Waals surface area contributed by atoms with Crippen LogP contribution in [0.3, 0.4) is 0 Å². The molecule has 0 saturated carbocycles. The Morgan fingerprint density at radius 1 is 1.41 bits per heavy atom. The highest BCUT2D eigenvalue weighted by molar-refractivity contribution is 5.73. The van der Waals surface area contributed by atoms with E-state index >= 15 is 0 Å². The van der Waals surface area contributed by atoms with E-state index in [4.69, 9.17) is 10.8 Å². The van der Waals surface area contributed by atoms with Gasteiger partial charge in [-0.15, -0.1) is 0 Å². The molecule has 0 amide bonds. The molecule has 1 atom stereocenters. The number of rotatable bonds is 4. The third-order valence-electron chi connectivity index (χ3n) is 2.47. The fraction of sp³-hybridized carbons (Fsp3) is 0.167. The zero-order chi connectivity index (χ0) is 12.3. The number of carboxylic acids is 1. The summed E-state index contributed by atoms with van der Waals surface area (Å²) in [6.45, 7) is 0. The van der Waals surface area contributed by atoms with Gasteiger partial charge in [-0.25, -0.2) is 4.98 Å². The summed E-state index contributed by atoms with van der Waals surface area (Å²) in [5, 5.41) is 8.78. The normalized spacial score (nSPS) is 12.3. The maximum absolute atomic E-state index is 10.7. The van der Waals surface area contributed by atoms with Crippen LogP contribution in [-0.4, -0.2) is 26.7 Å². The number of nitrogens with two attached hydrogens (primary N) is 1. The standard InChI is InChI=1S/C12H13N3O2/c13-10(12(16)17)8-11-14-6-7-15(11)9-4-2-1-3-5-9/h1-7,10H,8,13H2,(H,16,17)/t10-/m1/s1. The smallest absolute Gasteiger partial charge is 0.320 e. The van der Waals surface area contributed by atoms with Gasteiger partial charge in [0.15, 0.2) is 0 Å². The lowest BCUT2D eigenvalue weighted by atomic mass is 10.2. The number of hydrogen-bond acceptors (Lipinski definition) is 3. The van der Waals surface area contributed by atoms with Gasteiger partial charge in [0.2, 0.25) is 0 Å². The number of nitrogens with zero attached hydrogens (tertiary/aromatic N) is 2. The Morgan fingerprint density at radius 3 is 2.76 bits per heavy atom. The molecule has 1 aromatic carbocycles. The first-order chi connectivity index (χ1) is 8.18. The van der Waals surface area contributed by atoms with Crippen molar-refractivity contribution in [3.63, 3.8) is 0 Å². The molecule has 0 saturated heterocycles. The van der Waals surface area contributed by atoms with Crippen molar-refractivity contribution in [1.82, 2.24) is 9.55 Å². The molecule has 0 aliphatic rings. The van der Waals surface area contributed by atoms with E-state index in [9.17, 15) is 4.79 Å². The van der Waals surface area contributed by atoms with Crippen LogP contribution in [0.15, 0.2) is 42.7 Å². The van der Waals surface area contributed by atoms with E-state index in [1.807, 2.05) is 34.9 Å². The van der Waals surface area contributed by atoms with E-state index in [1.54, 1.807) is 12.4 Å². The Bertz CT molecular complexity index is 507. The zero-order valence-electron chi connectivity index (χ0n) is 9.15. The lowest BCUT2D eigenvalue weighted by Gasteiger charge is -2.09. The number of carboxylic acid groups (broad SMARTS) is 1. The summed E-state index contributed by atoms with van der Waals surface area (Å²) in [5.41, 5.74) is 6.44. The molecule has 0 unspecified atom stereocenters. The SMILES string of the molecule is N[C@H](Cc1nccn1-c1ccccc1)C(=O)O. The summed E-state index contributed by atoms with van der Waals surface area (Å²) in [5.74, 6) is -0.376.